The number of carbonyl (C=O) groups is 2. The number of hydrogen-bond acceptors (Lipinski definition) is 7. The van der Waals surface area contributed by atoms with Crippen molar-refractivity contribution in [1.82, 2.24) is 15.2 Å². The molecule has 0 saturated carbocycles. The smallest absolute Gasteiger partial charge is 0.338 e. The summed E-state index contributed by atoms with van der Waals surface area (Å²) in [7, 11) is 1.39. The molecular weight excluding hydrogens is 436 g/mol. The van der Waals surface area contributed by atoms with Crippen molar-refractivity contribution in [2.45, 2.75) is 39.3 Å². The summed E-state index contributed by atoms with van der Waals surface area (Å²) in [6.45, 7) is 4.43. The third-order valence-electron chi connectivity index (χ3n) is 5.57. The lowest BCUT2D eigenvalue weighted by atomic mass is 9.92. The molecule has 8 heteroatoms. The van der Waals surface area contributed by atoms with Gasteiger partial charge in [-0.2, -0.15) is 0 Å². The van der Waals surface area contributed by atoms with Crippen molar-refractivity contribution >= 4 is 28.8 Å². The molecule has 2 aliphatic heterocycles. The summed E-state index contributed by atoms with van der Waals surface area (Å²) in [6, 6.07) is 11.4. The summed E-state index contributed by atoms with van der Waals surface area (Å²) < 4.78 is 5.15. The first-order chi connectivity index (χ1) is 16.0. The minimum atomic E-state index is -0.408. The Labute approximate surface area is 197 Å². The van der Waals surface area contributed by atoms with Crippen LogP contribution in [0.15, 0.2) is 76.2 Å². The van der Waals surface area contributed by atoms with E-state index < -0.39 is 12.0 Å². The highest BCUT2D eigenvalue weighted by molar-refractivity contribution is 8.16. The lowest BCUT2D eigenvalue weighted by Gasteiger charge is -2.36. The summed E-state index contributed by atoms with van der Waals surface area (Å²) >= 11 is 1.47. The molecule has 1 aromatic carbocycles. The van der Waals surface area contributed by atoms with Gasteiger partial charge in [0.05, 0.1) is 30.8 Å². The minimum Gasteiger partial charge on any atom is -0.466 e. The molecule has 33 heavy (non-hydrogen) atoms. The Hall–Kier alpha value is -3.39. The number of aliphatic imine (C=N–C) groups is 1. The average molecular weight is 463 g/mol. The van der Waals surface area contributed by atoms with E-state index in [0.717, 1.165) is 27.6 Å². The maximum Gasteiger partial charge on any atom is 0.338 e. The Morgan fingerprint density at radius 2 is 2.00 bits per heavy atom. The number of ether oxygens (including phenoxy) is 1. The largest absolute Gasteiger partial charge is 0.466 e. The number of allylic oxidation sites excluding steroid dienone is 1. The van der Waals surface area contributed by atoms with Crippen molar-refractivity contribution < 1.29 is 14.3 Å². The van der Waals surface area contributed by atoms with Crippen molar-refractivity contribution in [3.8, 4) is 0 Å². The monoisotopic (exact) mass is 462 g/mol. The van der Waals surface area contributed by atoms with Gasteiger partial charge in [-0.25, -0.2) is 9.79 Å². The van der Waals surface area contributed by atoms with E-state index >= 15 is 0 Å². The van der Waals surface area contributed by atoms with Gasteiger partial charge in [-0.3, -0.25) is 9.78 Å². The number of amides is 1. The van der Waals surface area contributed by atoms with E-state index in [1.807, 2.05) is 54.5 Å². The average Bonchev–Trinajstić information content (AvgIpc) is 3.23. The van der Waals surface area contributed by atoms with Gasteiger partial charge in [0.15, 0.2) is 5.17 Å². The highest BCUT2D eigenvalue weighted by atomic mass is 32.2. The number of nitrogens with one attached hydrogen (secondary N) is 1. The second-order valence-electron chi connectivity index (χ2n) is 7.82. The van der Waals surface area contributed by atoms with Crippen LogP contribution in [0.25, 0.3) is 0 Å². The first kappa shape index (κ1) is 22.8. The number of benzene rings is 1. The highest BCUT2D eigenvalue weighted by Crippen LogP contribution is 2.45. The van der Waals surface area contributed by atoms with Crippen LogP contribution in [0.3, 0.4) is 0 Å². The number of methoxy groups -OCH3 is 1. The summed E-state index contributed by atoms with van der Waals surface area (Å²) in [5.41, 5.74) is 5.05. The number of rotatable bonds is 7. The Kier molecular flexibility index (Phi) is 6.93. The maximum absolute atomic E-state index is 12.9. The molecule has 0 spiro atoms. The third-order valence-corrected chi connectivity index (χ3v) is 6.46. The minimum absolute atomic E-state index is 0.104. The standard InChI is InChI=1S/C25H26N4O3S/c1-4-20-22(24(31)32-3)23(18-7-5-6-16(2)12-18)29-19(15-33-25(29)28-20)13-21(30)27-14-17-8-10-26-11-9-17/h5-12,15,23H,4,13-14H2,1-3H3,(H,27,30)/t23-/m0/s1. The zero-order chi connectivity index (χ0) is 23.4. The molecular formula is C25H26N4O3S. The van der Waals surface area contributed by atoms with Gasteiger partial charge >= 0.3 is 5.97 Å². The van der Waals surface area contributed by atoms with E-state index in [1.165, 1.54) is 18.9 Å². The van der Waals surface area contributed by atoms with Gasteiger partial charge < -0.3 is 15.0 Å². The fourth-order valence-electron chi connectivity index (χ4n) is 4.00. The van der Waals surface area contributed by atoms with E-state index in [0.29, 0.717) is 24.2 Å². The Morgan fingerprint density at radius 1 is 1.21 bits per heavy atom. The fraction of sp³-hybridized carbons (Fsp3) is 0.280. The molecule has 0 fully saturated rings. The summed E-state index contributed by atoms with van der Waals surface area (Å²) in [4.78, 5) is 36.4. The molecule has 170 valence electrons. The number of thioether (sulfide) groups is 1. The Balaban J connectivity index is 1.64. The van der Waals surface area contributed by atoms with Crippen LogP contribution in [-0.2, 0) is 20.9 Å². The number of amidine groups is 1. The number of esters is 1. The zero-order valence-electron chi connectivity index (χ0n) is 18.9. The van der Waals surface area contributed by atoms with Crippen molar-refractivity contribution in [2.24, 2.45) is 4.99 Å². The first-order valence-corrected chi connectivity index (χ1v) is 11.7. The van der Waals surface area contributed by atoms with Crippen LogP contribution in [0.5, 0.6) is 0 Å². The normalized spacial score (nSPS) is 17.3. The Bertz CT molecular complexity index is 1160. The Morgan fingerprint density at radius 3 is 2.70 bits per heavy atom. The van der Waals surface area contributed by atoms with E-state index in [-0.39, 0.29) is 12.3 Å². The van der Waals surface area contributed by atoms with Gasteiger partial charge in [0, 0.05) is 24.6 Å². The molecule has 0 bridgehead atoms. The van der Waals surface area contributed by atoms with Crippen LogP contribution >= 0.6 is 11.8 Å². The molecule has 1 N–H and O–H groups in total. The highest BCUT2D eigenvalue weighted by Gasteiger charge is 2.41. The number of nitrogens with zero attached hydrogens (tertiary/aromatic N) is 3. The van der Waals surface area contributed by atoms with Gasteiger partial charge in [0.25, 0.3) is 0 Å². The maximum atomic E-state index is 12.9. The molecule has 3 heterocycles. The molecule has 0 aliphatic carbocycles. The fourth-order valence-corrected chi connectivity index (χ4v) is 4.93. The van der Waals surface area contributed by atoms with E-state index in [1.54, 1.807) is 12.4 Å². The predicted molar refractivity (Wildman–Crippen MR) is 129 cm³/mol. The molecule has 0 unspecified atom stereocenters. The number of aryl methyl sites for hydroxylation is 1. The van der Waals surface area contributed by atoms with Crippen LogP contribution in [-0.4, -0.2) is 34.0 Å². The number of aromatic nitrogens is 1. The van der Waals surface area contributed by atoms with Gasteiger partial charge in [-0.1, -0.05) is 48.5 Å². The molecule has 2 aliphatic rings. The lowest BCUT2D eigenvalue weighted by Crippen LogP contribution is -2.38. The lowest BCUT2D eigenvalue weighted by molar-refractivity contribution is -0.136. The van der Waals surface area contributed by atoms with Crippen molar-refractivity contribution in [1.29, 1.82) is 0 Å². The third kappa shape index (κ3) is 4.85. The summed E-state index contributed by atoms with van der Waals surface area (Å²) in [5.74, 6) is -0.507. The SMILES string of the molecule is CCC1=C(C(=O)OC)[C@H](c2cccc(C)c2)N2C(CC(=O)NCc3ccncc3)=CSC2=N1. The van der Waals surface area contributed by atoms with Crippen LogP contribution in [0.4, 0.5) is 0 Å². The number of fused-ring (bicyclic) bond motifs is 1. The van der Waals surface area contributed by atoms with E-state index in [2.05, 4.69) is 16.4 Å². The molecule has 0 radical (unpaired) electrons. The second kappa shape index (κ2) is 10.0. The number of carbonyl (C=O) groups excluding carboxylic acids is 2. The van der Waals surface area contributed by atoms with Crippen LogP contribution in [0.1, 0.15) is 42.5 Å². The summed E-state index contributed by atoms with van der Waals surface area (Å²) in [5, 5.41) is 5.68. The van der Waals surface area contributed by atoms with Gasteiger partial charge in [0.1, 0.15) is 0 Å². The number of hydrogen-bond donors (Lipinski definition) is 1. The molecule has 1 amide bonds. The van der Waals surface area contributed by atoms with Crippen molar-refractivity contribution in [3.63, 3.8) is 0 Å². The zero-order valence-corrected chi connectivity index (χ0v) is 19.7. The predicted octanol–water partition coefficient (Wildman–Crippen LogP) is 4.23. The van der Waals surface area contributed by atoms with Crippen LogP contribution < -0.4 is 5.32 Å². The van der Waals surface area contributed by atoms with E-state index in [9.17, 15) is 9.59 Å². The molecule has 7 nitrogen and oxygen atoms in total. The quantitative estimate of drug-likeness (QED) is 0.620. The van der Waals surface area contributed by atoms with Gasteiger partial charge in [0.2, 0.25) is 5.91 Å². The second-order valence-corrected chi connectivity index (χ2v) is 8.66. The number of pyridine rings is 1. The molecule has 0 saturated heterocycles. The topological polar surface area (TPSA) is 83.9 Å². The molecule has 2 aromatic rings. The molecule has 1 aromatic heterocycles. The summed E-state index contributed by atoms with van der Waals surface area (Å²) in [6.07, 6.45) is 4.18. The van der Waals surface area contributed by atoms with Gasteiger partial charge in [-0.15, -0.1) is 0 Å². The van der Waals surface area contributed by atoms with Crippen LogP contribution in [0.2, 0.25) is 0 Å². The van der Waals surface area contributed by atoms with Crippen molar-refractivity contribution in [2.75, 3.05) is 7.11 Å². The molecule has 4 rings (SSSR count). The molecule has 1 atom stereocenters. The first-order valence-electron chi connectivity index (χ1n) is 10.8. The van der Waals surface area contributed by atoms with E-state index in [4.69, 9.17) is 9.73 Å². The van der Waals surface area contributed by atoms with Crippen LogP contribution in [0, 0.1) is 6.92 Å². The van der Waals surface area contributed by atoms with Gasteiger partial charge in [-0.05, 0) is 42.0 Å². The van der Waals surface area contributed by atoms with Crippen molar-refractivity contribution in [3.05, 3.63) is 87.9 Å².